The van der Waals surface area contributed by atoms with Gasteiger partial charge in [-0.15, -0.1) is 0 Å². The van der Waals surface area contributed by atoms with E-state index in [1.165, 1.54) is 0 Å². The van der Waals surface area contributed by atoms with E-state index in [-0.39, 0.29) is 0 Å². The maximum absolute atomic E-state index is 4.22. The van der Waals surface area contributed by atoms with E-state index in [2.05, 4.69) is 16.6 Å². The van der Waals surface area contributed by atoms with Crippen LogP contribution in [0, 0.1) is 6.92 Å². The zero-order chi connectivity index (χ0) is 8.97. The summed E-state index contributed by atoms with van der Waals surface area (Å²) in [6, 6.07) is 1.91. The van der Waals surface area contributed by atoms with Crippen LogP contribution in [0.15, 0.2) is 23.8 Å². The number of hydrogen-bond acceptors (Lipinski definition) is 2. The molecule has 1 heterocycles. The van der Waals surface area contributed by atoms with Crippen molar-refractivity contribution >= 4 is 18.0 Å². The van der Waals surface area contributed by atoms with E-state index in [9.17, 15) is 0 Å². The minimum Gasteiger partial charge on any atom is -0.259 e. The van der Waals surface area contributed by atoms with Crippen LogP contribution in [0.1, 0.15) is 18.2 Å². The van der Waals surface area contributed by atoms with Gasteiger partial charge in [0.25, 0.3) is 0 Å². The molecule has 1 aromatic heterocycles. The lowest BCUT2D eigenvalue weighted by Crippen LogP contribution is -1.84. The minimum atomic E-state index is 0.912. The molecule has 62 valence electrons. The van der Waals surface area contributed by atoms with E-state index < -0.39 is 0 Å². The van der Waals surface area contributed by atoms with Gasteiger partial charge in [0.05, 0.1) is 11.4 Å². The summed E-state index contributed by atoms with van der Waals surface area (Å²) in [6.45, 7) is 7.54. The maximum atomic E-state index is 4.22. The topological polar surface area (TPSA) is 25.2 Å². The van der Waals surface area contributed by atoms with Gasteiger partial charge in [0.15, 0.2) is 0 Å². The van der Waals surface area contributed by atoms with Crippen LogP contribution in [-0.4, -0.2) is 11.2 Å². The number of aliphatic imine (C=N–C) groups is 1. The lowest BCUT2D eigenvalue weighted by molar-refractivity contribution is 1.18. The second kappa shape index (κ2) is 3.81. The maximum Gasteiger partial charge on any atom is 0.0909 e. The normalized spacial score (nSPS) is 10.5. The number of pyridine rings is 1. The zero-order valence-corrected chi connectivity index (χ0v) is 7.41. The monoisotopic (exact) mass is 160 g/mol. The fourth-order valence-electron chi connectivity index (χ4n) is 1.04. The summed E-state index contributed by atoms with van der Waals surface area (Å²) < 4.78 is 0. The van der Waals surface area contributed by atoms with Crippen LogP contribution in [0.5, 0.6) is 0 Å². The average Bonchev–Trinajstić information content (AvgIpc) is 2.09. The Morgan fingerprint density at radius 2 is 2.33 bits per heavy atom. The molecule has 0 aromatic carbocycles. The van der Waals surface area contributed by atoms with Gasteiger partial charge >= 0.3 is 0 Å². The lowest BCUT2D eigenvalue weighted by Gasteiger charge is -2.01. The summed E-state index contributed by atoms with van der Waals surface area (Å²) in [5.41, 5.74) is 2.88. The van der Waals surface area contributed by atoms with Crippen molar-refractivity contribution in [1.29, 1.82) is 0 Å². The first kappa shape index (κ1) is 8.65. The largest absolute Gasteiger partial charge is 0.259 e. The highest BCUT2D eigenvalue weighted by molar-refractivity contribution is 5.70. The fraction of sp³-hybridized carbons (Fsp3) is 0.200. The van der Waals surface area contributed by atoms with Gasteiger partial charge in [0, 0.05) is 18.0 Å². The van der Waals surface area contributed by atoms with Crippen molar-refractivity contribution in [2.45, 2.75) is 13.8 Å². The molecule has 2 heteroatoms. The molecule has 0 atom stereocenters. The molecule has 0 unspecified atom stereocenters. The highest BCUT2D eigenvalue weighted by Crippen LogP contribution is 2.22. The smallest absolute Gasteiger partial charge is 0.0909 e. The molecule has 0 N–H and O–H groups in total. The Bertz CT molecular complexity index is 314. The number of aryl methyl sites for hydroxylation is 1. The Labute approximate surface area is 72.7 Å². The van der Waals surface area contributed by atoms with Crippen LogP contribution in [0.3, 0.4) is 0 Å². The Morgan fingerprint density at radius 3 is 2.92 bits per heavy atom. The molecule has 0 spiro atoms. The quantitative estimate of drug-likeness (QED) is 0.611. The summed E-state index contributed by atoms with van der Waals surface area (Å²) in [7, 11) is 0. The molecule has 0 saturated carbocycles. The highest BCUT2D eigenvalue weighted by Gasteiger charge is 1.99. The van der Waals surface area contributed by atoms with E-state index in [0.717, 1.165) is 16.9 Å². The van der Waals surface area contributed by atoms with E-state index in [1.54, 1.807) is 18.5 Å². The molecule has 1 rings (SSSR count). The molecule has 2 nitrogen and oxygen atoms in total. The molecular formula is C10H12N2. The fourth-order valence-corrected chi connectivity index (χ4v) is 1.04. The predicted octanol–water partition coefficient (Wildman–Crippen LogP) is 2.76. The van der Waals surface area contributed by atoms with E-state index in [4.69, 9.17) is 0 Å². The molecule has 0 aliphatic carbocycles. The Balaban J connectivity index is 3.28. The molecule has 0 radical (unpaired) electrons. The molecule has 1 aromatic rings. The zero-order valence-electron chi connectivity index (χ0n) is 7.41. The predicted molar refractivity (Wildman–Crippen MR) is 52.9 cm³/mol. The van der Waals surface area contributed by atoms with Gasteiger partial charge in [-0.3, -0.25) is 9.98 Å². The SMILES string of the molecule is C=Cc1ccnc(C)c1N=CC. The van der Waals surface area contributed by atoms with Crippen molar-refractivity contribution in [3.63, 3.8) is 0 Å². The summed E-state index contributed by atoms with van der Waals surface area (Å²) in [5, 5.41) is 0. The Hall–Kier alpha value is -1.44. The van der Waals surface area contributed by atoms with Gasteiger partial charge in [-0.25, -0.2) is 0 Å². The van der Waals surface area contributed by atoms with E-state index >= 15 is 0 Å². The third-order valence-corrected chi connectivity index (χ3v) is 1.62. The summed E-state index contributed by atoms with van der Waals surface area (Å²) >= 11 is 0. The van der Waals surface area contributed by atoms with Crippen molar-refractivity contribution in [3.05, 3.63) is 30.1 Å². The molecule has 0 fully saturated rings. The van der Waals surface area contributed by atoms with Crippen LogP contribution in [0.25, 0.3) is 6.08 Å². The van der Waals surface area contributed by atoms with Crippen LogP contribution in [0.2, 0.25) is 0 Å². The van der Waals surface area contributed by atoms with Gasteiger partial charge in [0.2, 0.25) is 0 Å². The Kier molecular flexibility index (Phi) is 2.75. The van der Waals surface area contributed by atoms with Gasteiger partial charge in [-0.05, 0) is 19.9 Å². The summed E-state index contributed by atoms with van der Waals surface area (Å²) in [6.07, 6.45) is 5.31. The number of aromatic nitrogens is 1. The molecule has 0 saturated heterocycles. The van der Waals surface area contributed by atoms with Crippen molar-refractivity contribution < 1.29 is 0 Å². The molecule has 12 heavy (non-hydrogen) atoms. The minimum absolute atomic E-state index is 0.912. The second-order valence-corrected chi connectivity index (χ2v) is 2.43. The number of nitrogens with zero attached hydrogens (tertiary/aromatic N) is 2. The van der Waals surface area contributed by atoms with E-state index in [0.29, 0.717) is 0 Å². The first-order chi connectivity index (χ1) is 5.79. The standard InChI is InChI=1S/C10H12N2/c1-4-9-6-7-12-8(3)10(9)11-5-2/h4-7H,1H2,2-3H3. The van der Waals surface area contributed by atoms with E-state index in [1.807, 2.05) is 19.9 Å². The summed E-state index contributed by atoms with van der Waals surface area (Å²) in [4.78, 5) is 8.36. The highest BCUT2D eigenvalue weighted by atomic mass is 14.8. The molecule has 0 amide bonds. The van der Waals surface area contributed by atoms with Gasteiger partial charge in [0.1, 0.15) is 0 Å². The van der Waals surface area contributed by atoms with Crippen LogP contribution in [-0.2, 0) is 0 Å². The second-order valence-electron chi connectivity index (χ2n) is 2.43. The van der Waals surface area contributed by atoms with Crippen molar-refractivity contribution in [1.82, 2.24) is 4.98 Å². The Morgan fingerprint density at radius 1 is 1.58 bits per heavy atom. The van der Waals surface area contributed by atoms with Gasteiger partial charge < -0.3 is 0 Å². The average molecular weight is 160 g/mol. The van der Waals surface area contributed by atoms with Crippen molar-refractivity contribution in [3.8, 4) is 0 Å². The van der Waals surface area contributed by atoms with Crippen LogP contribution >= 0.6 is 0 Å². The first-order valence-electron chi connectivity index (χ1n) is 3.86. The third kappa shape index (κ3) is 1.59. The number of rotatable bonds is 2. The molecule has 0 aliphatic rings. The van der Waals surface area contributed by atoms with Crippen LogP contribution < -0.4 is 0 Å². The summed E-state index contributed by atoms with van der Waals surface area (Å²) in [5.74, 6) is 0. The molecular weight excluding hydrogens is 148 g/mol. The first-order valence-corrected chi connectivity index (χ1v) is 3.86. The van der Waals surface area contributed by atoms with Gasteiger partial charge in [-0.1, -0.05) is 12.7 Å². The van der Waals surface area contributed by atoms with Crippen molar-refractivity contribution in [2.24, 2.45) is 4.99 Å². The number of hydrogen-bond donors (Lipinski definition) is 0. The molecule has 0 bridgehead atoms. The third-order valence-electron chi connectivity index (χ3n) is 1.62. The lowest BCUT2D eigenvalue weighted by atomic mass is 10.2. The van der Waals surface area contributed by atoms with Crippen molar-refractivity contribution in [2.75, 3.05) is 0 Å². The molecule has 0 aliphatic heterocycles. The van der Waals surface area contributed by atoms with Gasteiger partial charge in [-0.2, -0.15) is 0 Å². The van der Waals surface area contributed by atoms with Crippen LogP contribution in [0.4, 0.5) is 5.69 Å².